The molecule has 1 rings (SSSR count). The Balaban J connectivity index is 3.02. The quantitative estimate of drug-likeness (QED) is 0.618. The first-order valence-corrected chi connectivity index (χ1v) is 4.50. The molecule has 1 heterocycles. The molecule has 1 saturated heterocycles. The molecule has 76 valence electrons. The number of carbonyl (C=O) groups excluding carboxylic acids is 1. The van der Waals surface area contributed by atoms with E-state index in [4.69, 9.17) is 0 Å². The number of nitrogens with one attached hydrogen (secondary N) is 1. The number of carbonyl (C=O) groups is 1. The van der Waals surface area contributed by atoms with Crippen LogP contribution in [0.4, 0.5) is 0 Å². The molecular formula is C9H18N2O2. The van der Waals surface area contributed by atoms with E-state index < -0.39 is 17.4 Å². The summed E-state index contributed by atoms with van der Waals surface area (Å²) in [7, 11) is 0. The Morgan fingerprint density at radius 3 is 2.00 bits per heavy atom. The van der Waals surface area contributed by atoms with Gasteiger partial charge in [-0.05, 0) is 34.6 Å². The van der Waals surface area contributed by atoms with Crippen LogP contribution in [0.15, 0.2) is 0 Å². The van der Waals surface area contributed by atoms with Gasteiger partial charge >= 0.3 is 0 Å². The number of nitrogens with zero attached hydrogens (tertiary/aromatic N) is 1. The van der Waals surface area contributed by atoms with E-state index in [1.165, 1.54) is 4.90 Å². The Kier molecular flexibility index (Phi) is 2.16. The molecule has 1 atom stereocenters. The van der Waals surface area contributed by atoms with E-state index in [1.807, 2.05) is 27.7 Å². The maximum atomic E-state index is 11.8. The zero-order chi connectivity index (χ0) is 10.4. The zero-order valence-electron chi connectivity index (χ0n) is 8.88. The fourth-order valence-corrected chi connectivity index (χ4v) is 2.07. The molecule has 13 heavy (non-hydrogen) atoms. The zero-order valence-corrected chi connectivity index (χ0v) is 8.88. The second kappa shape index (κ2) is 2.69. The third-order valence-electron chi connectivity index (χ3n) is 2.35. The molecule has 1 aliphatic rings. The fourth-order valence-electron chi connectivity index (χ4n) is 2.07. The van der Waals surface area contributed by atoms with E-state index in [-0.39, 0.29) is 5.91 Å². The van der Waals surface area contributed by atoms with Crippen molar-refractivity contribution in [3.05, 3.63) is 0 Å². The van der Waals surface area contributed by atoms with Crippen molar-refractivity contribution in [2.75, 3.05) is 0 Å². The first-order valence-electron chi connectivity index (χ1n) is 4.50. The molecule has 1 aliphatic heterocycles. The highest BCUT2D eigenvalue weighted by Crippen LogP contribution is 2.28. The molecule has 0 radical (unpaired) electrons. The molecule has 4 nitrogen and oxygen atoms in total. The van der Waals surface area contributed by atoms with Crippen LogP contribution in [-0.2, 0) is 4.79 Å². The van der Waals surface area contributed by atoms with Gasteiger partial charge in [0.15, 0.2) is 0 Å². The van der Waals surface area contributed by atoms with Gasteiger partial charge in [-0.15, -0.1) is 0 Å². The lowest BCUT2D eigenvalue weighted by Gasteiger charge is -2.33. The van der Waals surface area contributed by atoms with Crippen LogP contribution >= 0.6 is 0 Å². The van der Waals surface area contributed by atoms with Gasteiger partial charge in [0.25, 0.3) is 0 Å². The van der Waals surface area contributed by atoms with Crippen LogP contribution in [0.2, 0.25) is 0 Å². The van der Waals surface area contributed by atoms with Gasteiger partial charge in [-0.1, -0.05) is 0 Å². The van der Waals surface area contributed by atoms with Gasteiger partial charge in [0.05, 0.1) is 11.2 Å². The third kappa shape index (κ3) is 1.56. The smallest absolute Gasteiger partial charge is 0.245 e. The summed E-state index contributed by atoms with van der Waals surface area (Å²) in [4.78, 5) is 13.3. The molecule has 0 aromatic rings. The molecular weight excluding hydrogens is 168 g/mol. The highest BCUT2D eigenvalue weighted by molar-refractivity contribution is 5.88. The maximum Gasteiger partial charge on any atom is 0.245 e. The van der Waals surface area contributed by atoms with Gasteiger partial charge in [0.1, 0.15) is 6.23 Å². The minimum Gasteiger partial charge on any atom is -0.374 e. The summed E-state index contributed by atoms with van der Waals surface area (Å²) in [6, 6.07) is 0. The van der Waals surface area contributed by atoms with Crippen molar-refractivity contribution in [1.29, 1.82) is 0 Å². The summed E-state index contributed by atoms with van der Waals surface area (Å²) in [6.07, 6.45) is -0.753. The average molecular weight is 186 g/mol. The Hall–Kier alpha value is -0.610. The van der Waals surface area contributed by atoms with Gasteiger partial charge in [0.2, 0.25) is 5.91 Å². The van der Waals surface area contributed by atoms with Crippen LogP contribution in [0.1, 0.15) is 34.6 Å². The van der Waals surface area contributed by atoms with Gasteiger partial charge in [-0.25, -0.2) is 0 Å². The van der Waals surface area contributed by atoms with E-state index in [2.05, 4.69) is 5.32 Å². The Labute approximate surface area is 78.9 Å². The summed E-state index contributed by atoms with van der Waals surface area (Å²) in [6.45, 7) is 9.00. The number of hydrogen-bond donors (Lipinski definition) is 2. The lowest BCUT2D eigenvalue weighted by atomic mass is 10.1. The fraction of sp³-hybridized carbons (Fsp3) is 0.889. The number of aliphatic hydroxyl groups excluding tert-OH is 1. The van der Waals surface area contributed by atoms with Crippen LogP contribution in [0.3, 0.4) is 0 Å². The van der Waals surface area contributed by atoms with Crippen LogP contribution < -0.4 is 5.32 Å². The highest BCUT2D eigenvalue weighted by atomic mass is 16.3. The summed E-state index contributed by atoms with van der Waals surface area (Å²) < 4.78 is 0. The summed E-state index contributed by atoms with van der Waals surface area (Å²) in [5.41, 5.74) is -1.06. The third-order valence-corrected chi connectivity index (χ3v) is 2.35. The molecule has 1 fully saturated rings. The van der Waals surface area contributed by atoms with Crippen molar-refractivity contribution >= 4 is 5.91 Å². The maximum absolute atomic E-state index is 11.8. The first kappa shape index (κ1) is 10.5. The van der Waals surface area contributed by atoms with Crippen molar-refractivity contribution in [3.63, 3.8) is 0 Å². The molecule has 0 aliphatic carbocycles. The van der Waals surface area contributed by atoms with Crippen molar-refractivity contribution in [1.82, 2.24) is 10.2 Å². The second-order valence-corrected chi connectivity index (χ2v) is 4.62. The number of rotatable bonds is 1. The molecule has 1 amide bonds. The largest absolute Gasteiger partial charge is 0.374 e. The van der Waals surface area contributed by atoms with Crippen molar-refractivity contribution in [2.24, 2.45) is 0 Å². The van der Waals surface area contributed by atoms with E-state index in [0.29, 0.717) is 0 Å². The Bertz CT molecular complexity index is 234. The summed E-state index contributed by atoms with van der Waals surface area (Å²) in [5.74, 6) is -0.0625. The number of aliphatic hydroxyl groups is 1. The molecule has 0 saturated carbocycles. The van der Waals surface area contributed by atoms with Gasteiger partial charge < -0.3 is 5.11 Å². The highest BCUT2D eigenvalue weighted by Gasteiger charge is 2.50. The Morgan fingerprint density at radius 2 is 1.85 bits per heavy atom. The molecule has 0 spiro atoms. The first-order chi connectivity index (χ1) is 5.68. The SMILES string of the molecule is CC(O)N1C(=O)C(C)(C)NC1(C)C. The normalized spacial score (nSPS) is 27.8. The standard InChI is InChI=1S/C9H18N2O2/c1-6(12)11-7(13)8(2,3)10-9(11,4)5/h6,10,12H,1-5H3. The molecule has 0 bridgehead atoms. The minimum atomic E-state index is -0.753. The van der Waals surface area contributed by atoms with E-state index in [9.17, 15) is 9.90 Å². The average Bonchev–Trinajstić information content (AvgIpc) is 1.96. The second-order valence-electron chi connectivity index (χ2n) is 4.62. The molecule has 2 N–H and O–H groups in total. The number of hydrogen-bond acceptors (Lipinski definition) is 3. The predicted octanol–water partition coefficient (Wildman–Crippen LogP) is 0.271. The predicted molar refractivity (Wildman–Crippen MR) is 49.8 cm³/mol. The summed E-state index contributed by atoms with van der Waals surface area (Å²) >= 11 is 0. The van der Waals surface area contributed by atoms with E-state index >= 15 is 0 Å². The van der Waals surface area contributed by atoms with E-state index in [0.717, 1.165) is 0 Å². The van der Waals surface area contributed by atoms with Crippen LogP contribution in [0, 0.1) is 0 Å². The van der Waals surface area contributed by atoms with Crippen LogP contribution in [-0.4, -0.2) is 33.3 Å². The molecule has 1 unspecified atom stereocenters. The van der Waals surface area contributed by atoms with E-state index in [1.54, 1.807) is 6.92 Å². The van der Waals surface area contributed by atoms with Gasteiger partial charge in [-0.2, -0.15) is 0 Å². The van der Waals surface area contributed by atoms with Crippen molar-refractivity contribution in [3.8, 4) is 0 Å². The van der Waals surface area contributed by atoms with Gasteiger partial charge in [-0.3, -0.25) is 15.0 Å². The molecule has 0 aromatic heterocycles. The van der Waals surface area contributed by atoms with Crippen LogP contribution in [0.5, 0.6) is 0 Å². The molecule has 0 aromatic carbocycles. The monoisotopic (exact) mass is 186 g/mol. The molecule has 4 heteroatoms. The lowest BCUT2D eigenvalue weighted by molar-refractivity contribution is -0.144. The Morgan fingerprint density at radius 1 is 1.38 bits per heavy atom. The topological polar surface area (TPSA) is 52.6 Å². The number of amides is 1. The van der Waals surface area contributed by atoms with Crippen LogP contribution in [0.25, 0.3) is 0 Å². The summed E-state index contributed by atoms with van der Waals surface area (Å²) in [5, 5.41) is 12.6. The van der Waals surface area contributed by atoms with Gasteiger partial charge in [0, 0.05) is 0 Å². The van der Waals surface area contributed by atoms with Crippen molar-refractivity contribution in [2.45, 2.75) is 52.0 Å². The van der Waals surface area contributed by atoms with Crippen molar-refractivity contribution < 1.29 is 9.90 Å². The minimum absolute atomic E-state index is 0.0625. The lowest BCUT2D eigenvalue weighted by Crippen LogP contribution is -2.51.